The third-order valence-electron chi connectivity index (χ3n) is 2.49. The first-order valence-electron chi connectivity index (χ1n) is 5.46. The Labute approximate surface area is 123 Å². The minimum atomic E-state index is 0.495. The third-order valence-corrected chi connectivity index (χ3v) is 4.44. The van der Waals surface area contributed by atoms with E-state index >= 15 is 0 Å². The molecule has 3 heterocycles. The highest BCUT2D eigenvalue weighted by atomic mass is 35.5. The highest BCUT2D eigenvalue weighted by molar-refractivity contribution is 7.98. The second-order valence-electron chi connectivity index (χ2n) is 3.81. The number of anilines is 1. The molecule has 19 heavy (non-hydrogen) atoms. The molecule has 0 bridgehead atoms. The lowest BCUT2D eigenvalue weighted by Crippen LogP contribution is -1.95. The largest absolute Gasteiger partial charge is 0.383 e. The van der Waals surface area contributed by atoms with Crippen LogP contribution in [0.5, 0.6) is 0 Å². The Hall–Kier alpha value is -1.37. The molecule has 0 amide bonds. The second kappa shape index (κ2) is 5.32. The average Bonchev–Trinajstić information content (AvgIpc) is 2.87. The van der Waals surface area contributed by atoms with E-state index in [1.54, 1.807) is 23.6 Å². The summed E-state index contributed by atoms with van der Waals surface area (Å²) in [6, 6.07) is 5.65. The number of hydrogen-bond donors (Lipinski definition) is 1. The summed E-state index contributed by atoms with van der Waals surface area (Å²) in [5, 5.41) is 4.06. The standard InChI is InChI=1S/C12H9ClN4S2/c13-9-2-1-7(5-15-9)6-19-12-16-10(14)8-3-4-18-11(8)17-12/h1-5H,6H2,(H2,14,16,17). The second-order valence-corrected chi connectivity index (χ2v) is 6.03. The fourth-order valence-electron chi connectivity index (χ4n) is 1.56. The predicted molar refractivity (Wildman–Crippen MR) is 80.6 cm³/mol. The summed E-state index contributed by atoms with van der Waals surface area (Å²) < 4.78 is 0. The Balaban J connectivity index is 1.79. The average molecular weight is 309 g/mol. The van der Waals surface area contributed by atoms with Gasteiger partial charge in [-0.25, -0.2) is 15.0 Å². The maximum absolute atomic E-state index is 5.90. The molecular weight excluding hydrogens is 300 g/mol. The molecule has 7 heteroatoms. The van der Waals surface area contributed by atoms with Gasteiger partial charge in [-0.1, -0.05) is 29.4 Å². The molecule has 3 aromatic rings. The van der Waals surface area contributed by atoms with Crippen LogP contribution in [0.15, 0.2) is 34.9 Å². The lowest BCUT2D eigenvalue weighted by atomic mass is 10.3. The summed E-state index contributed by atoms with van der Waals surface area (Å²) in [7, 11) is 0. The number of nitrogens with two attached hydrogens (primary N) is 1. The van der Waals surface area contributed by atoms with Crippen LogP contribution in [0.4, 0.5) is 5.82 Å². The number of pyridine rings is 1. The van der Waals surface area contributed by atoms with Gasteiger partial charge >= 0.3 is 0 Å². The number of nitrogens with zero attached hydrogens (tertiary/aromatic N) is 3. The van der Waals surface area contributed by atoms with Crippen LogP contribution in [-0.2, 0) is 5.75 Å². The molecule has 0 aliphatic carbocycles. The normalized spacial score (nSPS) is 11.0. The molecule has 0 fully saturated rings. The van der Waals surface area contributed by atoms with Crippen LogP contribution < -0.4 is 5.73 Å². The molecule has 3 rings (SSSR count). The van der Waals surface area contributed by atoms with Crippen molar-refractivity contribution in [1.82, 2.24) is 15.0 Å². The first-order chi connectivity index (χ1) is 9.22. The Kier molecular flexibility index (Phi) is 3.54. The van der Waals surface area contributed by atoms with Gasteiger partial charge in [-0.3, -0.25) is 0 Å². The van der Waals surface area contributed by atoms with Crippen molar-refractivity contribution in [3.05, 3.63) is 40.5 Å². The van der Waals surface area contributed by atoms with Gasteiger partial charge in [0.25, 0.3) is 0 Å². The number of fused-ring (bicyclic) bond motifs is 1. The fourth-order valence-corrected chi connectivity index (χ4v) is 3.29. The van der Waals surface area contributed by atoms with E-state index in [1.807, 2.05) is 17.5 Å². The van der Waals surface area contributed by atoms with Gasteiger partial charge in [0.2, 0.25) is 0 Å². The molecule has 96 valence electrons. The van der Waals surface area contributed by atoms with Gasteiger partial charge in [-0.15, -0.1) is 11.3 Å². The van der Waals surface area contributed by atoms with Crippen LogP contribution in [0.25, 0.3) is 10.2 Å². The topological polar surface area (TPSA) is 64.7 Å². The Morgan fingerprint density at radius 2 is 2.16 bits per heavy atom. The van der Waals surface area contributed by atoms with Crippen molar-refractivity contribution in [2.75, 3.05) is 5.73 Å². The molecule has 0 saturated heterocycles. The fraction of sp³-hybridized carbons (Fsp3) is 0.0833. The Morgan fingerprint density at radius 3 is 2.95 bits per heavy atom. The van der Waals surface area contributed by atoms with Gasteiger partial charge in [-0.2, -0.15) is 0 Å². The summed E-state index contributed by atoms with van der Waals surface area (Å²) in [6.07, 6.45) is 1.75. The van der Waals surface area contributed by atoms with E-state index in [-0.39, 0.29) is 0 Å². The van der Waals surface area contributed by atoms with E-state index in [9.17, 15) is 0 Å². The van der Waals surface area contributed by atoms with Gasteiger partial charge in [0.15, 0.2) is 5.16 Å². The van der Waals surface area contributed by atoms with Crippen molar-refractivity contribution >= 4 is 50.7 Å². The van der Waals surface area contributed by atoms with Crippen LogP contribution in [0.1, 0.15) is 5.56 Å². The summed E-state index contributed by atoms with van der Waals surface area (Å²) in [5.74, 6) is 1.27. The number of rotatable bonds is 3. The minimum absolute atomic E-state index is 0.495. The van der Waals surface area contributed by atoms with Crippen LogP contribution in [0.2, 0.25) is 5.15 Å². The van der Waals surface area contributed by atoms with E-state index in [4.69, 9.17) is 17.3 Å². The number of nitrogen functional groups attached to an aromatic ring is 1. The quantitative estimate of drug-likeness (QED) is 0.455. The number of halogens is 1. The zero-order valence-electron chi connectivity index (χ0n) is 9.71. The van der Waals surface area contributed by atoms with Gasteiger partial charge in [0.1, 0.15) is 15.8 Å². The smallest absolute Gasteiger partial charge is 0.191 e. The van der Waals surface area contributed by atoms with E-state index in [0.717, 1.165) is 21.5 Å². The number of hydrogen-bond acceptors (Lipinski definition) is 6. The molecule has 0 aliphatic rings. The Bertz CT molecular complexity index is 711. The van der Waals surface area contributed by atoms with E-state index in [1.165, 1.54) is 11.8 Å². The lowest BCUT2D eigenvalue weighted by Gasteiger charge is -2.02. The molecule has 3 aromatic heterocycles. The third kappa shape index (κ3) is 2.80. The van der Waals surface area contributed by atoms with Crippen molar-refractivity contribution < 1.29 is 0 Å². The molecule has 0 aromatic carbocycles. The summed E-state index contributed by atoms with van der Waals surface area (Å²) in [5.41, 5.74) is 6.97. The van der Waals surface area contributed by atoms with Crippen molar-refractivity contribution in [2.24, 2.45) is 0 Å². The molecule has 0 saturated carbocycles. The Morgan fingerprint density at radius 1 is 1.26 bits per heavy atom. The van der Waals surface area contributed by atoms with Crippen molar-refractivity contribution in [3.63, 3.8) is 0 Å². The van der Waals surface area contributed by atoms with E-state index in [0.29, 0.717) is 16.1 Å². The van der Waals surface area contributed by atoms with Crippen LogP contribution >= 0.6 is 34.7 Å². The van der Waals surface area contributed by atoms with Crippen molar-refractivity contribution in [2.45, 2.75) is 10.9 Å². The zero-order chi connectivity index (χ0) is 13.2. The molecule has 0 aliphatic heterocycles. The monoisotopic (exact) mass is 308 g/mol. The van der Waals surface area contributed by atoms with Gasteiger partial charge in [0.05, 0.1) is 5.39 Å². The highest BCUT2D eigenvalue weighted by Gasteiger charge is 2.07. The first kappa shape index (κ1) is 12.7. The lowest BCUT2D eigenvalue weighted by molar-refractivity contribution is 1.02. The maximum atomic E-state index is 5.90. The van der Waals surface area contributed by atoms with Crippen LogP contribution in [0, 0.1) is 0 Å². The SMILES string of the molecule is Nc1nc(SCc2ccc(Cl)nc2)nc2sccc12. The molecule has 4 nitrogen and oxygen atoms in total. The molecule has 0 unspecified atom stereocenters. The van der Waals surface area contributed by atoms with Crippen molar-refractivity contribution in [3.8, 4) is 0 Å². The highest BCUT2D eigenvalue weighted by Crippen LogP contribution is 2.27. The molecule has 0 radical (unpaired) electrons. The predicted octanol–water partition coefficient (Wildman–Crippen LogP) is 3.61. The van der Waals surface area contributed by atoms with Crippen LogP contribution in [-0.4, -0.2) is 15.0 Å². The first-order valence-corrected chi connectivity index (χ1v) is 7.70. The summed E-state index contributed by atoms with van der Waals surface area (Å²) in [6.45, 7) is 0. The maximum Gasteiger partial charge on any atom is 0.191 e. The van der Waals surface area contributed by atoms with Crippen molar-refractivity contribution in [1.29, 1.82) is 0 Å². The summed E-state index contributed by atoms with van der Waals surface area (Å²) in [4.78, 5) is 13.7. The van der Waals surface area contributed by atoms with E-state index in [2.05, 4.69) is 15.0 Å². The van der Waals surface area contributed by atoms with Gasteiger partial charge in [-0.05, 0) is 23.1 Å². The number of thiophene rings is 1. The molecule has 0 atom stereocenters. The number of thioether (sulfide) groups is 1. The molecule has 0 spiro atoms. The van der Waals surface area contributed by atoms with Gasteiger partial charge < -0.3 is 5.73 Å². The van der Waals surface area contributed by atoms with E-state index < -0.39 is 0 Å². The summed E-state index contributed by atoms with van der Waals surface area (Å²) >= 11 is 8.84. The zero-order valence-corrected chi connectivity index (χ0v) is 12.1. The molecular formula is C12H9ClN4S2. The molecule has 2 N–H and O–H groups in total. The number of aromatic nitrogens is 3. The van der Waals surface area contributed by atoms with Gasteiger partial charge in [0, 0.05) is 11.9 Å². The minimum Gasteiger partial charge on any atom is -0.383 e. The van der Waals surface area contributed by atoms with Crippen LogP contribution in [0.3, 0.4) is 0 Å².